The SMILES string of the molecule is CCNCc1cccc(OCc2c(F)cccc2Cl)c1. The molecule has 0 fully saturated rings. The Balaban J connectivity index is 2.03. The van der Waals surface area contributed by atoms with Gasteiger partial charge in [-0.15, -0.1) is 0 Å². The molecule has 106 valence electrons. The summed E-state index contributed by atoms with van der Waals surface area (Å²) in [5, 5.41) is 3.63. The van der Waals surface area contributed by atoms with Crippen molar-refractivity contribution in [2.45, 2.75) is 20.1 Å². The maximum absolute atomic E-state index is 13.6. The first-order valence-electron chi connectivity index (χ1n) is 6.56. The summed E-state index contributed by atoms with van der Waals surface area (Å²) in [6.45, 7) is 3.88. The molecule has 2 rings (SSSR count). The molecule has 0 aromatic heterocycles. The number of hydrogen-bond donors (Lipinski definition) is 1. The average molecular weight is 294 g/mol. The van der Waals surface area contributed by atoms with Gasteiger partial charge < -0.3 is 10.1 Å². The number of rotatable bonds is 6. The van der Waals surface area contributed by atoms with Crippen LogP contribution in [-0.4, -0.2) is 6.54 Å². The summed E-state index contributed by atoms with van der Waals surface area (Å²) < 4.78 is 19.2. The maximum atomic E-state index is 13.6. The number of hydrogen-bond acceptors (Lipinski definition) is 2. The zero-order valence-corrected chi connectivity index (χ0v) is 12.1. The lowest BCUT2D eigenvalue weighted by molar-refractivity contribution is 0.299. The minimum atomic E-state index is -0.346. The van der Waals surface area contributed by atoms with Crippen molar-refractivity contribution >= 4 is 11.6 Å². The van der Waals surface area contributed by atoms with E-state index in [9.17, 15) is 4.39 Å². The van der Waals surface area contributed by atoms with Gasteiger partial charge in [0.1, 0.15) is 18.2 Å². The average Bonchev–Trinajstić information content (AvgIpc) is 2.45. The van der Waals surface area contributed by atoms with Crippen LogP contribution in [0.25, 0.3) is 0 Å². The van der Waals surface area contributed by atoms with E-state index in [1.807, 2.05) is 24.3 Å². The molecule has 0 aliphatic heterocycles. The van der Waals surface area contributed by atoms with Crippen LogP contribution in [-0.2, 0) is 13.2 Å². The molecule has 1 N–H and O–H groups in total. The molecule has 4 heteroatoms. The lowest BCUT2D eigenvalue weighted by Gasteiger charge is -2.10. The molecule has 20 heavy (non-hydrogen) atoms. The molecule has 0 aliphatic carbocycles. The number of halogens is 2. The molecule has 2 aromatic carbocycles. The summed E-state index contributed by atoms with van der Waals surface area (Å²) in [5.41, 5.74) is 1.51. The van der Waals surface area contributed by atoms with E-state index in [0.717, 1.165) is 18.7 Å². The van der Waals surface area contributed by atoms with Crippen molar-refractivity contribution in [3.63, 3.8) is 0 Å². The van der Waals surface area contributed by atoms with Crippen LogP contribution >= 0.6 is 11.6 Å². The van der Waals surface area contributed by atoms with Gasteiger partial charge in [0.05, 0.1) is 5.02 Å². The molecule has 0 spiro atoms. The van der Waals surface area contributed by atoms with Crippen molar-refractivity contribution in [1.29, 1.82) is 0 Å². The summed E-state index contributed by atoms with van der Waals surface area (Å²) in [4.78, 5) is 0. The fraction of sp³-hybridized carbons (Fsp3) is 0.250. The quantitative estimate of drug-likeness (QED) is 0.863. The van der Waals surface area contributed by atoms with Gasteiger partial charge in [0.25, 0.3) is 0 Å². The topological polar surface area (TPSA) is 21.3 Å². The zero-order chi connectivity index (χ0) is 14.4. The van der Waals surface area contributed by atoms with Gasteiger partial charge in [-0.05, 0) is 36.4 Å². The lowest BCUT2D eigenvalue weighted by Crippen LogP contribution is -2.11. The Labute approximate surface area is 123 Å². The minimum Gasteiger partial charge on any atom is -0.489 e. The van der Waals surface area contributed by atoms with Crippen LogP contribution in [0.5, 0.6) is 5.75 Å². The van der Waals surface area contributed by atoms with E-state index in [-0.39, 0.29) is 12.4 Å². The van der Waals surface area contributed by atoms with Gasteiger partial charge in [0.2, 0.25) is 0 Å². The zero-order valence-electron chi connectivity index (χ0n) is 11.3. The van der Waals surface area contributed by atoms with E-state index in [0.29, 0.717) is 16.3 Å². The molecule has 0 radical (unpaired) electrons. The number of benzene rings is 2. The Morgan fingerprint density at radius 1 is 1.20 bits per heavy atom. The standard InChI is InChI=1S/C16H17ClFNO/c1-2-19-10-12-5-3-6-13(9-12)20-11-14-15(17)7-4-8-16(14)18/h3-9,19H,2,10-11H2,1H3. The van der Waals surface area contributed by atoms with Crippen molar-refractivity contribution in [3.05, 3.63) is 64.4 Å². The van der Waals surface area contributed by atoms with E-state index in [2.05, 4.69) is 12.2 Å². The predicted molar refractivity (Wildman–Crippen MR) is 79.6 cm³/mol. The van der Waals surface area contributed by atoms with Crippen LogP contribution in [0.4, 0.5) is 4.39 Å². The largest absolute Gasteiger partial charge is 0.489 e. The molecule has 0 amide bonds. The molecule has 0 aliphatic rings. The monoisotopic (exact) mass is 293 g/mol. The Morgan fingerprint density at radius 2 is 2.00 bits per heavy atom. The molecule has 0 saturated carbocycles. The van der Waals surface area contributed by atoms with Crippen LogP contribution in [0.1, 0.15) is 18.1 Å². The second-order valence-corrected chi connectivity index (χ2v) is 4.82. The summed E-state index contributed by atoms with van der Waals surface area (Å²) in [7, 11) is 0. The molecule has 0 heterocycles. The van der Waals surface area contributed by atoms with Crippen LogP contribution < -0.4 is 10.1 Å². The van der Waals surface area contributed by atoms with E-state index in [1.54, 1.807) is 12.1 Å². The first-order chi connectivity index (χ1) is 9.70. The van der Waals surface area contributed by atoms with E-state index >= 15 is 0 Å². The van der Waals surface area contributed by atoms with Gasteiger partial charge in [0, 0.05) is 12.1 Å². The maximum Gasteiger partial charge on any atom is 0.131 e. The fourth-order valence-electron chi connectivity index (χ4n) is 1.84. The summed E-state index contributed by atoms with van der Waals surface area (Å²) in [5.74, 6) is 0.362. The molecular weight excluding hydrogens is 277 g/mol. The number of nitrogens with one attached hydrogen (secondary N) is 1. The van der Waals surface area contributed by atoms with Crippen molar-refractivity contribution in [2.24, 2.45) is 0 Å². The van der Waals surface area contributed by atoms with Crippen LogP contribution in [0.2, 0.25) is 5.02 Å². The summed E-state index contributed by atoms with van der Waals surface area (Å²) in [6, 6.07) is 12.4. The van der Waals surface area contributed by atoms with Crippen LogP contribution in [0.3, 0.4) is 0 Å². The third-order valence-electron chi connectivity index (χ3n) is 2.92. The van der Waals surface area contributed by atoms with Crippen LogP contribution in [0, 0.1) is 5.82 Å². The summed E-state index contributed by atoms with van der Waals surface area (Å²) >= 11 is 5.97. The van der Waals surface area contributed by atoms with Gasteiger partial charge >= 0.3 is 0 Å². The summed E-state index contributed by atoms with van der Waals surface area (Å²) in [6.07, 6.45) is 0. The van der Waals surface area contributed by atoms with Gasteiger partial charge in [-0.1, -0.05) is 36.7 Å². The van der Waals surface area contributed by atoms with Crippen molar-refractivity contribution in [2.75, 3.05) is 6.54 Å². The second kappa shape index (κ2) is 7.27. The minimum absolute atomic E-state index is 0.121. The second-order valence-electron chi connectivity index (χ2n) is 4.42. The predicted octanol–water partition coefficient (Wildman–Crippen LogP) is 4.17. The highest BCUT2D eigenvalue weighted by Gasteiger charge is 2.07. The fourth-order valence-corrected chi connectivity index (χ4v) is 2.06. The molecule has 2 aromatic rings. The Kier molecular flexibility index (Phi) is 5.39. The first-order valence-corrected chi connectivity index (χ1v) is 6.94. The van der Waals surface area contributed by atoms with Gasteiger partial charge in [0.15, 0.2) is 0 Å². The van der Waals surface area contributed by atoms with E-state index < -0.39 is 0 Å². The highest BCUT2D eigenvalue weighted by atomic mass is 35.5. The molecule has 0 saturated heterocycles. The molecule has 0 bridgehead atoms. The molecule has 0 atom stereocenters. The highest BCUT2D eigenvalue weighted by Crippen LogP contribution is 2.22. The third kappa shape index (κ3) is 3.95. The smallest absolute Gasteiger partial charge is 0.131 e. The van der Waals surface area contributed by atoms with E-state index in [4.69, 9.17) is 16.3 Å². The van der Waals surface area contributed by atoms with Crippen molar-refractivity contribution in [1.82, 2.24) is 5.32 Å². The van der Waals surface area contributed by atoms with Gasteiger partial charge in [-0.25, -0.2) is 4.39 Å². The van der Waals surface area contributed by atoms with Crippen molar-refractivity contribution < 1.29 is 9.13 Å². The van der Waals surface area contributed by atoms with Crippen molar-refractivity contribution in [3.8, 4) is 5.75 Å². The molecular formula is C16H17ClFNO. The lowest BCUT2D eigenvalue weighted by atomic mass is 10.2. The van der Waals surface area contributed by atoms with Gasteiger partial charge in [-0.3, -0.25) is 0 Å². The van der Waals surface area contributed by atoms with Gasteiger partial charge in [-0.2, -0.15) is 0 Å². The highest BCUT2D eigenvalue weighted by molar-refractivity contribution is 6.31. The first kappa shape index (κ1) is 14.8. The molecule has 0 unspecified atom stereocenters. The normalized spacial score (nSPS) is 10.6. The number of ether oxygens (including phenoxy) is 1. The van der Waals surface area contributed by atoms with E-state index in [1.165, 1.54) is 6.07 Å². The van der Waals surface area contributed by atoms with Crippen LogP contribution in [0.15, 0.2) is 42.5 Å². The Bertz CT molecular complexity index is 554. The Hall–Kier alpha value is -1.58. The third-order valence-corrected chi connectivity index (χ3v) is 3.28. The molecule has 2 nitrogen and oxygen atoms in total. The Morgan fingerprint density at radius 3 is 2.75 bits per heavy atom.